The van der Waals surface area contributed by atoms with E-state index in [2.05, 4.69) is 16.9 Å². The number of anilines is 1. The van der Waals surface area contributed by atoms with Crippen LogP contribution in [0.1, 0.15) is 37.1 Å². The molecule has 6 nitrogen and oxygen atoms in total. The predicted octanol–water partition coefficient (Wildman–Crippen LogP) is 4.00. The number of aromatic amines is 1. The molecule has 2 amide bonds. The van der Waals surface area contributed by atoms with Gasteiger partial charge in [-0.1, -0.05) is 24.8 Å². The van der Waals surface area contributed by atoms with E-state index in [0.29, 0.717) is 6.42 Å². The molecule has 0 radical (unpaired) electrons. The van der Waals surface area contributed by atoms with Gasteiger partial charge in [0, 0.05) is 11.1 Å². The Bertz CT molecular complexity index is 1270. The van der Waals surface area contributed by atoms with Crippen LogP contribution in [-0.2, 0) is 28.9 Å². The molecule has 5 N–H and O–H groups in total. The molecule has 1 atom stereocenters. The number of halogens is 1. The standard InChI is InChI=1S/C26H28FN3O3/c1-4-23(32)29-21-11-14(6-10-19(21)27)17-8-5-15(12-22(28)31)25-24(17)18-9-7-16(26(2,3)33)13-20(18)30-25/h4-6,8,10-11,16,30,33H,1,7,9,12-13H2,2-3H3,(H2,28,31)(H,29,32). The topological polar surface area (TPSA) is 108 Å². The number of hydrogen-bond donors (Lipinski definition) is 4. The molecule has 7 heteroatoms. The first-order chi connectivity index (χ1) is 15.6. The zero-order chi connectivity index (χ0) is 23.9. The second-order valence-corrected chi connectivity index (χ2v) is 9.23. The summed E-state index contributed by atoms with van der Waals surface area (Å²) in [6.07, 6.45) is 3.46. The highest BCUT2D eigenvalue weighted by molar-refractivity contribution is 6.03. The first-order valence-electron chi connectivity index (χ1n) is 11.0. The molecule has 1 unspecified atom stereocenters. The van der Waals surface area contributed by atoms with E-state index >= 15 is 0 Å². The van der Waals surface area contributed by atoms with E-state index in [4.69, 9.17) is 5.73 Å². The minimum absolute atomic E-state index is 0.0678. The summed E-state index contributed by atoms with van der Waals surface area (Å²) in [6, 6.07) is 8.34. The third kappa shape index (κ3) is 4.41. The lowest BCUT2D eigenvalue weighted by Gasteiger charge is -2.32. The van der Waals surface area contributed by atoms with E-state index in [-0.39, 0.29) is 18.0 Å². The second-order valence-electron chi connectivity index (χ2n) is 9.23. The fourth-order valence-corrected chi connectivity index (χ4v) is 4.75. The van der Waals surface area contributed by atoms with E-state index < -0.39 is 23.2 Å². The minimum Gasteiger partial charge on any atom is -0.390 e. The summed E-state index contributed by atoms with van der Waals surface area (Å²) < 4.78 is 14.3. The van der Waals surface area contributed by atoms with Crippen molar-refractivity contribution in [2.45, 2.75) is 45.1 Å². The van der Waals surface area contributed by atoms with E-state index in [0.717, 1.165) is 57.8 Å². The van der Waals surface area contributed by atoms with Crippen molar-refractivity contribution in [2.24, 2.45) is 11.7 Å². The van der Waals surface area contributed by atoms with Crippen molar-refractivity contribution in [1.29, 1.82) is 0 Å². The van der Waals surface area contributed by atoms with Crippen molar-refractivity contribution in [2.75, 3.05) is 5.32 Å². The van der Waals surface area contributed by atoms with Crippen LogP contribution < -0.4 is 11.1 Å². The number of carbonyl (C=O) groups is 2. The SMILES string of the molecule is C=CC(=O)Nc1cc(-c2ccc(CC(N)=O)c3[nH]c4c(c23)CCC(C(C)(C)O)C4)ccc1F. The summed E-state index contributed by atoms with van der Waals surface area (Å²) in [7, 11) is 0. The summed E-state index contributed by atoms with van der Waals surface area (Å²) in [5, 5.41) is 14.0. The molecule has 1 heterocycles. The first-order valence-corrected chi connectivity index (χ1v) is 11.0. The lowest BCUT2D eigenvalue weighted by molar-refractivity contribution is -0.117. The maximum atomic E-state index is 14.3. The average molecular weight is 450 g/mol. The highest BCUT2D eigenvalue weighted by atomic mass is 19.1. The highest BCUT2D eigenvalue weighted by Crippen LogP contribution is 2.41. The Labute approximate surface area is 191 Å². The van der Waals surface area contributed by atoms with Crippen LogP contribution in [0.4, 0.5) is 10.1 Å². The summed E-state index contributed by atoms with van der Waals surface area (Å²) in [4.78, 5) is 26.9. The molecule has 0 saturated carbocycles. The average Bonchev–Trinajstić information content (AvgIpc) is 3.14. The number of rotatable bonds is 6. The molecule has 33 heavy (non-hydrogen) atoms. The van der Waals surface area contributed by atoms with Crippen molar-refractivity contribution in [1.82, 2.24) is 4.98 Å². The number of nitrogens with one attached hydrogen (secondary N) is 2. The number of aromatic nitrogens is 1. The number of aliphatic hydroxyl groups is 1. The van der Waals surface area contributed by atoms with Crippen molar-refractivity contribution < 1.29 is 19.1 Å². The van der Waals surface area contributed by atoms with Gasteiger partial charge >= 0.3 is 0 Å². The van der Waals surface area contributed by atoms with Gasteiger partial charge in [-0.15, -0.1) is 0 Å². The Morgan fingerprint density at radius 1 is 1.33 bits per heavy atom. The van der Waals surface area contributed by atoms with Crippen molar-refractivity contribution in [3.05, 3.63) is 65.6 Å². The molecule has 0 spiro atoms. The Morgan fingerprint density at radius 2 is 2.09 bits per heavy atom. The second kappa shape index (κ2) is 8.48. The maximum Gasteiger partial charge on any atom is 0.247 e. The summed E-state index contributed by atoms with van der Waals surface area (Å²) in [5.41, 5.74) is 10.1. The van der Waals surface area contributed by atoms with Crippen LogP contribution >= 0.6 is 0 Å². The van der Waals surface area contributed by atoms with Gasteiger partial charge < -0.3 is 21.1 Å². The monoisotopic (exact) mass is 449 g/mol. The van der Waals surface area contributed by atoms with Gasteiger partial charge in [-0.2, -0.15) is 0 Å². The molecule has 1 aliphatic carbocycles. The summed E-state index contributed by atoms with van der Waals surface area (Å²) >= 11 is 0. The first kappa shape index (κ1) is 22.7. The van der Waals surface area contributed by atoms with Gasteiger partial charge in [0.1, 0.15) is 5.82 Å². The minimum atomic E-state index is -0.802. The van der Waals surface area contributed by atoms with Gasteiger partial charge in [0.2, 0.25) is 11.8 Å². The highest BCUT2D eigenvalue weighted by Gasteiger charge is 2.33. The van der Waals surface area contributed by atoms with Crippen LogP contribution in [0.15, 0.2) is 43.0 Å². The molecule has 3 aromatic rings. The molecular formula is C26H28FN3O3. The van der Waals surface area contributed by atoms with Gasteiger partial charge in [0.25, 0.3) is 0 Å². The van der Waals surface area contributed by atoms with Gasteiger partial charge in [0.15, 0.2) is 0 Å². The number of benzene rings is 2. The number of carbonyl (C=O) groups excluding carboxylic acids is 2. The van der Waals surface area contributed by atoms with E-state index in [1.54, 1.807) is 12.1 Å². The molecule has 0 saturated heterocycles. The van der Waals surface area contributed by atoms with Crippen molar-refractivity contribution in [3.63, 3.8) is 0 Å². The maximum absolute atomic E-state index is 14.3. The normalized spacial score (nSPS) is 15.8. The number of fused-ring (bicyclic) bond motifs is 3. The van der Waals surface area contributed by atoms with Crippen LogP contribution in [0.5, 0.6) is 0 Å². The number of nitrogens with two attached hydrogens (primary N) is 1. The molecule has 1 aromatic heterocycles. The quantitative estimate of drug-likeness (QED) is 0.427. The fourth-order valence-electron chi connectivity index (χ4n) is 4.75. The lowest BCUT2D eigenvalue weighted by atomic mass is 9.77. The third-order valence-corrected chi connectivity index (χ3v) is 6.51. The van der Waals surface area contributed by atoms with Gasteiger partial charge in [0.05, 0.1) is 23.2 Å². The molecular weight excluding hydrogens is 421 g/mol. The van der Waals surface area contributed by atoms with E-state index in [1.807, 2.05) is 26.0 Å². The molecule has 2 aromatic carbocycles. The predicted molar refractivity (Wildman–Crippen MR) is 127 cm³/mol. The third-order valence-electron chi connectivity index (χ3n) is 6.51. The largest absolute Gasteiger partial charge is 0.390 e. The van der Waals surface area contributed by atoms with Crippen LogP contribution in [0.25, 0.3) is 22.0 Å². The summed E-state index contributed by atoms with van der Waals surface area (Å²) in [5.74, 6) is -1.36. The van der Waals surface area contributed by atoms with E-state index in [1.165, 1.54) is 6.07 Å². The van der Waals surface area contributed by atoms with Crippen LogP contribution in [0.2, 0.25) is 0 Å². The Hall–Kier alpha value is -3.45. The fraction of sp³-hybridized carbons (Fsp3) is 0.308. The zero-order valence-electron chi connectivity index (χ0n) is 18.8. The lowest BCUT2D eigenvalue weighted by Crippen LogP contribution is -2.34. The molecule has 0 fully saturated rings. The number of aryl methyl sites for hydroxylation is 1. The van der Waals surface area contributed by atoms with Crippen molar-refractivity contribution in [3.8, 4) is 11.1 Å². The van der Waals surface area contributed by atoms with E-state index in [9.17, 15) is 19.1 Å². The number of amides is 2. The Balaban J connectivity index is 1.89. The smallest absolute Gasteiger partial charge is 0.247 e. The molecule has 1 aliphatic rings. The van der Waals surface area contributed by atoms with Crippen LogP contribution in [0.3, 0.4) is 0 Å². The number of primary amides is 1. The number of hydrogen-bond acceptors (Lipinski definition) is 3. The van der Waals surface area contributed by atoms with Crippen LogP contribution in [-0.4, -0.2) is 27.5 Å². The van der Waals surface area contributed by atoms with Crippen molar-refractivity contribution >= 4 is 28.4 Å². The zero-order valence-corrected chi connectivity index (χ0v) is 18.8. The number of H-pyrrole nitrogens is 1. The summed E-state index contributed by atoms with van der Waals surface area (Å²) in [6.45, 7) is 7.06. The van der Waals surface area contributed by atoms with Gasteiger partial charge in [-0.05, 0) is 79.5 Å². The molecule has 0 bridgehead atoms. The Morgan fingerprint density at radius 3 is 2.76 bits per heavy atom. The van der Waals surface area contributed by atoms with Gasteiger partial charge in [-0.3, -0.25) is 9.59 Å². The molecule has 172 valence electrons. The Kier molecular flexibility index (Phi) is 5.84. The molecule has 4 rings (SSSR count). The molecule has 0 aliphatic heterocycles. The van der Waals surface area contributed by atoms with Crippen LogP contribution in [0, 0.1) is 11.7 Å². The van der Waals surface area contributed by atoms with Gasteiger partial charge in [-0.25, -0.2) is 4.39 Å².